The van der Waals surface area contributed by atoms with Crippen LogP contribution < -0.4 is 4.90 Å². The van der Waals surface area contributed by atoms with Crippen LogP contribution in [0.25, 0.3) is 11.0 Å². The summed E-state index contributed by atoms with van der Waals surface area (Å²) in [4.78, 5) is 6.92. The molecular formula is C15H17Cl2N3O2. The van der Waals surface area contributed by atoms with Crippen LogP contribution in [0.4, 0.5) is 5.95 Å². The highest BCUT2D eigenvalue weighted by molar-refractivity contribution is 6.42. The SMILES string of the molecule is O[C@@H]1C[C@@H](n2c(N3CCC3)nc3cc(Cl)c(Cl)cc32)C[C@@H]1O. The zero-order valence-electron chi connectivity index (χ0n) is 11.9. The summed E-state index contributed by atoms with van der Waals surface area (Å²) in [6.45, 7) is 1.95. The van der Waals surface area contributed by atoms with E-state index in [1.165, 1.54) is 0 Å². The van der Waals surface area contributed by atoms with Crippen LogP contribution in [-0.2, 0) is 0 Å². The molecule has 1 saturated heterocycles. The minimum Gasteiger partial charge on any atom is -0.390 e. The molecule has 2 heterocycles. The maximum Gasteiger partial charge on any atom is 0.206 e. The van der Waals surface area contributed by atoms with Crippen molar-refractivity contribution >= 4 is 40.2 Å². The largest absolute Gasteiger partial charge is 0.390 e. The molecule has 1 aliphatic carbocycles. The monoisotopic (exact) mass is 341 g/mol. The van der Waals surface area contributed by atoms with Gasteiger partial charge in [0, 0.05) is 19.1 Å². The highest BCUT2D eigenvalue weighted by atomic mass is 35.5. The van der Waals surface area contributed by atoms with E-state index in [0.29, 0.717) is 22.9 Å². The summed E-state index contributed by atoms with van der Waals surface area (Å²) >= 11 is 12.3. The van der Waals surface area contributed by atoms with Gasteiger partial charge in [0.2, 0.25) is 5.95 Å². The highest BCUT2D eigenvalue weighted by Gasteiger charge is 2.36. The molecule has 2 aliphatic rings. The molecule has 22 heavy (non-hydrogen) atoms. The van der Waals surface area contributed by atoms with Crippen LogP contribution in [0, 0.1) is 0 Å². The standard InChI is InChI=1S/C15H17Cl2N3O2/c16-9-6-11-12(7-10(9)17)20(8-4-13(21)14(22)5-8)15(18-11)19-2-1-3-19/h6-8,13-14,21-22H,1-5H2/t8-,13-,14+. The number of imidazole rings is 1. The van der Waals surface area contributed by atoms with Crippen LogP contribution in [0.3, 0.4) is 0 Å². The predicted molar refractivity (Wildman–Crippen MR) is 86.9 cm³/mol. The summed E-state index contributed by atoms with van der Waals surface area (Å²) in [5.74, 6) is 0.880. The van der Waals surface area contributed by atoms with Gasteiger partial charge in [-0.2, -0.15) is 0 Å². The first-order valence-electron chi connectivity index (χ1n) is 7.52. The van der Waals surface area contributed by atoms with E-state index < -0.39 is 12.2 Å². The first-order valence-corrected chi connectivity index (χ1v) is 8.28. The van der Waals surface area contributed by atoms with Gasteiger partial charge in [0.25, 0.3) is 0 Å². The molecule has 3 atom stereocenters. The molecule has 0 spiro atoms. The van der Waals surface area contributed by atoms with E-state index in [9.17, 15) is 10.2 Å². The van der Waals surface area contributed by atoms with Gasteiger partial charge >= 0.3 is 0 Å². The summed E-state index contributed by atoms with van der Waals surface area (Å²) in [6, 6.07) is 3.62. The Hall–Kier alpha value is -1.01. The van der Waals surface area contributed by atoms with Gasteiger partial charge < -0.3 is 19.7 Å². The molecule has 1 saturated carbocycles. The molecule has 118 valence electrons. The zero-order chi connectivity index (χ0) is 15.4. The lowest BCUT2D eigenvalue weighted by Crippen LogP contribution is -2.39. The van der Waals surface area contributed by atoms with Gasteiger partial charge in [0.1, 0.15) is 0 Å². The maximum atomic E-state index is 9.89. The average Bonchev–Trinajstić information content (AvgIpc) is 2.89. The third kappa shape index (κ3) is 2.19. The lowest BCUT2D eigenvalue weighted by Gasteiger charge is -2.33. The number of hydrogen-bond donors (Lipinski definition) is 2. The van der Waals surface area contributed by atoms with Crippen molar-refractivity contribution in [3.8, 4) is 0 Å². The fraction of sp³-hybridized carbons (Fsp3) is 0.533. The maximum absolute atomic E-state index is 9.89. The van der Waals surface area contributed by atoms with E-state index in [1.54, 1.807) is 6.07 Å². The van der Waals surface area contributed by atoms with E-state index in [2.05, 4.69) is 9.47 Å². The lowest BCUT2D eigenvalue weighted by atomic mass is 10.2. The van der Waals surface area contributed by atoms with E-state index in [1.807, 2.05) is 6.07 Å². The molecule has 5 nitrogen and oxygen atoms in total. The molecule has 1 aliphatic heterocycles. The Labute approximate surface area is 138 Å². The summed E-state index contributed by atoms with van der Waals surface area (Å²) in [6.07, 6.45) is 0.825. The number of benzene rings is 1. The van der Waals surface area contributed by atoms with Crippen molar-refractivity contribution in [1.29, 1.82) is 0 Å². The van der Waals surface area contributed by atoms with Crippen LogP contribution in [0.2, 0.25) is 10.0 Å². The molecule has 1 aromatic carbocycles. The molecule has 0 unspecified atom stereocenters. The molecule has 2 aromatic rings. The van der Waals surface area contributed by atoms with Crippen molar-refractivity contribution in [3.63, 3.8) is 0 Å². The van der Waals surface area contributed by atoms with Crippen LogP contribution in [0.15, 0.2) is 12.1 Å². The Kier molecular flexibility index (Phi) is 3.49. The number of hydrogen-bond acceptors (Lipinski definition) is 4. The van der Waals surface area contributed by atoms with Crippen molar-refractivity contribution in [2.45, 2.75) is 37.5 Å². The molecule has 2 fully saturated rings. The normalized spacial score (nSPS) is 28.4. The minimum absolute atomic E-state index is 0.0165. The van der Waals surface area contributed by atoms with E-state index in [4.69, 9.17) is 28.2 Å². The summed E-state index contributed by atoms with van der Waals surface area (Å²) in [7, 11) is 0. The van der Waals surface area contributed by atoms with Crippen LogP contribution in [0.5, 0.6) is 0 Å². The van der Waals surface area contributed by atoms with Crippen LogP contribution in [0.1, 0.15) is 25.3 Å². The fourth-order valence-corrected chi connectivity index (χ4v) is 3.67. The second kappa shape index (κ2) is 5.27. The van der Waals surface area contributed by atoms with Crippen molar-refractivity contribution in [3.05, 3.63) is 22.2 Å². The molecule has 2 N–H and O–H groups in total. The number of aromatic nitrogens is 2. The summed E-state index contributed by atoms with van der Waals surface area (Å²) in [5, 5.41) is 20.8. The van der Waals surface area contributed by atoms with Gasteiger partial charge in [0.15, 0.2) is 0 Å². The molecule has 7 heteroatoms. The van der Waals surface area contributed by atoms with Gasteiger partial charge in [-0.3, -0.25) is 0 Å². The van der Waals surface area contributed by atoms with E-state index in [-0.39, 0.29) is 6.04 Å². The minimum atomic E-state index is -0.686. The second-order valence-corrected chi connectivity index (χ2v) is 6.95. The third-order valence-corrected chi connectivity index (χ3v) is 5.41. The quantitative estimate of drug-likeness (QED) is 0.881. The Balaban J connectivity index is 1.87. The smallest absolute Gasteiger partial charge is 0.206 e. The Morgan fingerprint density at radius 3 is 2.27 bits per heavy atom. The number of aliphatic hydroxyl groups is 2. The third-order valence-electron chi connectivity index (χ3n) is 4.69. The van der Waals surface area contributed by atoms with Crippen molar-refractivity contribution in [2.75, 3.05) is 18.0 Å². The van der Waals surface area contributed by atoms with E-state index >= 15 is 0 Å². The number of aliphatic hydroxyl groups excluding tert-OH is 2. The van der Waals surface area contributed by atoms with Crippen molar-refractivity contribution < 1.29 is 10.2 Å². The molecule has 1 aromatic heterocycles. The molecular weight excluding hydrogens is 325 g/mol. The van der Waals surface area contributed by atoms with Crippen molar-refractivity contribution in [1.82, 2.24) is 9.55 Å². The van der Waals surface area contributed by atoms with Crippen LogP contribution >= 0.6 is 23.2 Å². The Morgan fingerprint density at radius 2 is 1.68 bits per heavy atom. The summed E-state index contributed by atoms with van der Waals surface area (Å²) < 4.78 is 2.11. The van der Waals surface area contributed by atoms with Crippen molar-refractivity contribution in [2.24, 2.45) is 0 Å². The molecule has 4 rings (SSSR count). The molecule has 0 amide bonds. The predicted octanol–water partition coefficient (Wildman–Crippen LogP) is 2.61. The molecule has 0 bridgehead atoms. The van der Waals surface area contributed by atoms with Gasteiger partial charge in [0.05, 0.1) is 33.3 Å². The number of rotatable bonds is 2. The summed E-state index contributed by atoms with van der Waals surface area (Å²) in [5.41, 5.74) is 1.70. The number of anilines is 1. The number of fused-ring (bicyclic) bond motifs is 1. The van der Waals surface area contributed by atoms with Gasteiger partial charge in [-0.05, 0) is 31.4 Å². The van der Waals surface area contributed by atoms with E-state index in [0.717, 1.165) is 36.5 Å². The number of nitrogens with zero attached hydrogens (tertiary/aromatic N) is 3. The zero-order valence-corrected chi connectivity index (χ0v) is 13.4. The van der Waals surface area contributed by atoms with Gasteiger partial charge in [-0.1, -0.05) is 23.2 Å². The number of halogens is 2. The first kappa shape index (κ1) is 14.6. The fourth-order valence-electron chi connectivity index (χ4n) is 3.36. The Bertz CT molecular complexity index is 719. The highest BCUT2D eigenvalue weighted by Crippen LogP contribution is 2.39. The van der Waals surface area contributed by atoms with Crippen LogP contribution in [-0.4, -0.2) is 45.1 Å². The van der Waals surface area contributed by atoms with Gasteiger partial charge in [-0.15, -0.1) is 0 Å². The lowest BCUT2D eigenvalue weighted by molar-refractivity contribution is 0.0438. The first-order chi connectivity index (χ1) is 10.5. The topological polar surface area (TPSA) is 61.5 Å². The molecule has 0 radical (unpaired) electrons. The Morgan fingerprint density at radius 1 is 1.05 bits per heavy atom. The average molecular weight is 342 g/mol. The second-order valence-electron chi connectivity index (χ2n) is 6.14. The van der Waals surface area contributed by atoms with Gasteiger partial charge in [-0.25, -0.2) is 4.98 Å².